The first kappa shape index (κ1) is 11.5. The van der Waals surface area contributed by atoms with Crippen LogP contribution in [0.4, 0.5) is 5.69 Å². The monoisotopic (exact) mass is 237 g/mol. The number of aliphatic hydroxyl groups excluding tert-OH is 1. The Kier molecular flexibility index (Phi) is 3.51. The molecule has 1 aromatic carbocycles. The van der Waals surface area contributed by atoms with Gasteiger partial charge in [0.25, 0.3) is 0 Å². The van der Waals surface area contributed by atoms with Crippen molar-refractivity contribution in [2.24, 2.45) is 0 Å². The third-order valence-electron chi connectivity index (χ3n) is 2.75. The van der Waals surface area contributed by atoms with Crippen molar-refractivity contribution >= 4 is 24.2 Å². The summed E-state index contributed by atoms with van der Waals surface area (Å²) in [7, 11) is 0. The second kappa shape index (κ2) is 4.89. The largest absolute Gasteiger partial charge is 0.396 e. The Hall–Kier alpha value is -1.00. The first-order valence-corrected chi connectivity index (χ1v) is 5.90. The van der Waals surface area contributed by atoms with Gasteiger partial charge in [0.1, 0.15) is 0 Å². The van der Waals surface area contributed by atoms with Crippen LogP contribution in [0.5, 0.6) is 0 Å². The normalized spacial score (nSPS) is 20.5. The number of aliphatic hydroxyl groups is 1. The summed E-state index contributed by atoms with van der Waals surface area (Å²) in [5.41, 5.74) is 2.00. The molecule has 1 heterocycles. The molecule has 1 aliphatic heterocycles. The molecular formula is C12H15NO2S. The number of hydrogen-bond donors (Lipinski definition) is 2. The Bertz CT molecular complexity index is 377. The van der Waals surface area contributed by atoms with E-state index in [2.05, 4.69) is 12.6 Å². The van der Waals surface area contributed by atoms with E-state index in [4.69, 9.17) is 5.11 Å². The van der Waals surface area contributed by atoms with Crippen LogP contribution in [0.1, 0.15) is 12.0 Å². The fraction of sp³-hybridized carbons (Fsp3) is 0.417. The van der Waals surface area contributed by atoms with Crippen LogP contribution in [0.25, 0.3) is 0 Å². The Balaban J connectivity index is 2.12. The van der Waals surface area contributed by atoms with Crippen molar-refractivity contribution < 1.29 is 9.90 Å². The predicted octanol–water partition coefficient (Wildman–Crippen LogP) is 1.26. The number of amides is 1. The minimum atomic E-state index is 0.134. The number of carbonyl (C=O) groups excluding carboxylic acids is 1. The van der Waals surface area contributed by atoms with Crippen LogP contribution < -0.4 is 4.90 Å². The molecule has 1 fully saturated rings. The maximum atomic E-state index is 11.6. The predicted molar refractivity (Wildman–Crippen MR) is 67.0 cm³/mol. The SMILES string of the molecule is O=C1CC(S)CN1c1ccc(CCO)cc1. The van der Waals surface area contributed by atoms with Gasteiger partial charge in [0.15, 0.2) is 0 Å². The average Bonchev–Trinajstić information content (AvgIpc) is 2.59. The van der Waals surface area contributed by atoms with Gasteiger partial charge in [0.05, 0.1) is 0 Å². The number of anilines is 1. The molecule has 3 nitrogen and oxygen atoms in total. The molecule has 0 bridgehead atoms. The van der Waals surface area contributed by atoms with Crippen molar-refractivity contribution in [1.29, 1.82) is 0 Å². The number of nitrogens with zero attached hydrogens (tertiary/aromatic N) is 1. The maximum Gasteiger partial charge on any atom is 0.228 e. The highest BCUT2D eigenvalue weighted by atomic mass is 32.1. The molecule has 1 atom stereocenters. The molecule has 1 aromatic rings. The lowest BCUT2D eigenvalue weighted by Gasteiger charge is -2.16. The molecule has 1 amide bonds. The highest BCUT2D eigenvalue weighted by Gasteiger charge is 2.27. The summed E-state index contributed by atoms with van der Waals surface area (Å²) in [5.74, 6) is 0.134. The molecule has 4 heteroatoms. The van der Waals surface area contributed by atoms with E-state index in [1.807, 2.05) is 24.3 Å². The summed E-state index contributed by atoms with van der Waals surface area (Å²) in [6.45, 7) is 0.835. The van der Waals surface area contributed by atoms with Gasteiger partial charge in [-0.05, 0) is 24.1 Å². The van der Waals surface area contributed by atoms with Gasteiger partial charge in [-0.2, -0.15) is 12.6 Å². The average molecular weight is 237 g/mol. The molecule has 2 rings (SSSR count). The lowest BCUT2D eigenvalue weighted by molar-refractivity contribution is -0.117. The summed E-state index contributed by atoms with van der Waals surface area (Å²) in [6.07, 6.45) is 1.17. The van der Waals surface area contributed by atoms with Gasteiger partial charge in [-0.25, -0.2) is 0 Å². The Morgan fingerprint density at radius 2 is 2.06 bits per heavy atom. The minimum absolute atomic E-state index is 0.134. The minimum Gasteiger partial charge on any atom is -0.396 e. The fourth-order valence-corrected chi connectivity index (χ4v) is 2.23. The summed E-state index contributed by atoms with van der Waals surface area (Å²) in [5, 5.41) is 8.95. The van der Waals surface area contributed by atoms with Crippen LogP contribution in [0.3, 0.4) is 0 Å². The number of hydrogen-bond acceptors (Lipinski definition) is 3. The quantitative estimate of drug-likeness (QED) is 0.777. The Labute approximate surface area is 100 Å². The molecule has 86 valence electrons. The third-order valence-corrected chi connectivity index (χ3v) is 3.10. The molecule has 0 saturated carbocycles. The van der Waals surface area contributed by atoms with Gasteiger partial charge in [-0.1, -0.05) is 12.1 Å². The fourth-order valence-electron chi connectivity index (χ4n) is 1.91. The van der Waals surface area contributed by atoms with E-state index in [9.17, 15) is 4.79 Å². The highest BCUT2D eigenvalue weighted by molar-refractivity contribution is 7.81. The third kappa shape index (κ3) is 2.39. The zero-order valence-corrected chi connectivity index (χ0v) is 9.86. The van der Waals surface area contributed by atoms with Crippen LogP contribution >= 0.6 is 12.6 Å². The molecule has 1 unspecified atom stereocenters. The van der Waals surface area contributed by atoms with Crippen LogP contribution in [-0.2, 0) is 11.2 Å². The van der Waals surface area contributed by atoms with Crippen molar-refractivity contribution in [3.8, 4) is 0 Å². The van der Waals surface area contributed by atoms with Crippen molar-refractivity contribution in [3.05, 3.63) is 29.8 Å². The topological polar surface area (TPSA) is 40.5 Å². The number of rotatable bonds is 3. The summed E-state index contributed by atoms with van der Waals surface area (Å²) in [4.78, 5) is 13.4. The first-order valence-electron chi connectivity index (χ1n) is 5.39. The standard InChI is InChI=1S/C12H15NO2S/c14-6-5-9-1-3-10(4-2-9)13-8-11(16)7-12(13)15/h1-4,11,14,16H,5-8H2. The van der Waals surface area contributed by atoms with Crippen molar-refractivity contribution in [1.82, 2.24) is 0 Å². The molecule has 0 aliphatic carbocycles. The van der Waals surface area contributed by atoms with Crippen molar-refractivity contribution in [2.75, 3.05) is 18.1 Å². The van der Waals surface area contributed by atoms with Gasteiger partial charge in [0.2, 0.25) is 5.91 Å². The van der Waals surface area contributed by atoms with Crippen molar-refractivity contribution in [3.63, 3.8) is 0 Å². The van der Waals surface area contributed by atoms with Gasteiger partial charge < -0.3 is 10.0 Å². The zero-order valence-electron chi connectivity index (χ0n) is 8.97. The van der Waals surface area contributed by atoms with Gasteiger partial charge >= 0.3 is 0 Å². The van der Waals surface area contributed by atoms with Gasteiger partial charge in [0, 0.05) is 30.5 Å². The van der Waals surface area contributed by atoms with E-state index in [0.717, 1.165) is 11.3 Å². The lowest BCUT2D eigenvalue weighted by atomic mass is 10.1. The highest BCUT2D eigenvalue weighted by Crippen LogP contribution is 2.24. The molecule has 16 heavy (non-hydrogen) atoms. The molecule has 0 radical (unpaired) electrons. The molecular weight excluding hydrogens is 222 g/mol. The second-order valence-electron chi connectivity index (χ2n) is 4.00. The molecule has 1 N–H and O–H groups in total. The smallest absolute Gasteiger partial charge is 0.228 e. The van der Waals surface area contributed by atoms with Crippen LogP contribution in [0.15, 0.2) is 24.3 Å². The van der Waals surface area contributed by atoms with Gasteiger partial charge in [-0.15, -0.1) is 0 Å². The summed E-state index contributed by atoms with van der Waals surface area (Å²) >= 11 is 4.32. The molecule has 1 aliphatic rings. The molecule has 1 saturated heterocycles. The number of carbonyl (C=O) groups is 1. The van der Waals surface area contributed by atoms with Gasteiger partial charge in [-0.3, -0.25) is 4.79 Å². The van der Waals surface area contributed by atoms with E-state index < -0.39 is 0 Å². The van der Waals surface area contributed by atoms with Crippen molar-refractivity contribution in [2.45, 2.75) is 18.1 Å². The van der Waals surface area contributed by atoms with E-state index in [1.165, 1.54) is 0 Å². The zero-order chi connectivity index (χ0) is 11.5. The number of thiol groups is 1. The Morgan fingerprint density at radius 1 is 1.38 bits per heavy atom. The van der Waals surface area contributed by atoms with Crippen LogP contribution in [0.2, 0.25) is 0 Å². The molecule has 0 aromatic heterocycles. The summed E-state index contributed by atoms with van der Waals surface area (Å²) in [6, 6.07) is 7.75. The second-order valence-corrected chi connectivity index (χ2v) is 4.73. The van der Waals surface area contributed by atoms with E-state index in [1.54, 1.807) is 4.90 Å². The van der Waals surface area contributed by atoms with E-state index >= 15 is 0 Å². The summed E-state index contributed by atoms with van der Waals surface area (Å²) < 4.78 is 0. The number of benzene rings is 1. The van der Waals surface area contributed by atoms with Crippen LogP contribution in [0, 0.1) is 0 Å². The lowest BCUT2D eigenvalue weighted by Crippen LogP contribution is -2.24. The van der Waals surface area contributed by atoms with E-state index in [0.29, 0.717) is 19.4 Å². The maximum absolute atomic E-state index is 11.6. The Morgan fingerprint density at radius 3 is 2.56 bits per heavy atom. The molecule has 0 spiro atoms. The first-order chi connectivity index (χ1) is 7.70. The van der Waals surface area contributed by atoms with E-state index in [-0.39, 0.29) is 17.8 Å². The van der Waals surface area contributed by atoms with Crippen LogP contribution in [-0.4, -0.2) is 29.4 Å².